The van der Waals surface area contributed by atoms with Gasteiger partial charge in [-0.1, -0.05) is 30.3 Å². The highest BCUT2D eigenvalue weighted by molar-refractivity contribution is 5.97. The van der Waals surface area contributed by atoms with Crippen molar-refractivity contribution < 1.29 is 19.1 Å². The minimum absolute atomic E-state index is 0.120. The van der Waals surface area contributed by atoms with E-state index in [-0.39, 0.29) is 17.8 Å². The van der Waals surface area contributed by atoms with E-state index in [0.29, 0.717) is 36.8 Å². The van der Waals surface area contributed by atoms with Crippen LogP contribution in [-0.2, 0) is 9.53 Å². The van der Waals surface area contributed by atoms with Crippen LogP contribution in [0.2, 0.25) is 0 Å². The van der Waals surface area contributed by atoms with Crippen LogP contribution in [0, 0.1) is 5.92 Å². The summed E-state index contributed by atoms with van der Waals surface area (Å²) >= 11 is 0. The Labute approximate surface area is 153 Å². The van der Waals surface area contributed by atoms with Crippen molar-refractivity contribution in [1.29, 1.82) is 0 Å². The molecule has 2 aromatic carbocycles. The summed E-state index contributed by atoms with van der Waals surface area (Å²) in [6.45, 7) is 3.17. The maximum atomic E-state index is 13.0. The zero-order chi connectivity index (χ0) is 18.4. The topological polar surface area (TPSA) is 55.8 Å². The van der Waals surface area contributed by atoms with Gasteiger partial charge in [0.2, 0.25) is 0 Å². The number of carbonyl (C=O) groups excluding carboxylic acids is 2. The van der Waals surface area contributed by atoms with E-state index in [9.17, 15) is 9.59 Å². The van der Waals surface area contributed by atoms with Gasteiger partial charge in [-0.25, -0.2) is 0 Å². The predicted octanol–water partition coefficient (Wildman–Crippen LogP) is 3.89. The number of likely N-dealkylation sites (tertiary alicyclic amines) is 1. The Hall–Kier alpha value is -2.82. The highest BCUT2D eigenvalue weighted by Gasteiger charge is 2.30. The standard InChI is InChI=1S/C21H23NO4/c1-2-25-21(24)16-9-8-14-22(15-16)20(23)18-12-6-7-13-19(18)26-17-10-4-3-5-11-17/h3-7,10-13,16H,2,8-9,14-15H2,1H3/t16-/m0/s1. The van der Waals surface area contributed by atoms with Crippen LogP contribution in [0.3, 0.4) is 0 Å². The van der Waals surface area contributed by atoms with Gasteiger partial charge in [0.05, 0.1) is 18.1 Å². The molecule has 5 nitrogen and oxygen atoms in total. The Morgan fingerprint density at radius 1 is 1.08 bits per heavy atom. The third kappa shape index (κ3) is 4.23. The molecule has 0 unspecified atom stereocenters. The number of benzene rings is 2. The summed E-state index contributed by atoms with van der Waals surface area (Å²) in [6, 6.07) is 16.6. The number of esters is 1. The molecule has 0 radical (unpaired) electrons. The van der Waals surface area contributed by atoms with Crippen molar-refractivity contribution >= 4 is 11.9 Å². The van der Waals surface area contributed by atoms with Crippen LogP contribution in [0.15, 0.2) is 54.6 Å². The summed E-state index contributed by atoms with van der Waals surface area (Å²) in [5, 5.41) is 0. The first kappa shape index (κ1) is 18.0. The summed E-state index contributed by atoms with van der Waals surface area (Å²) in [7, 11) is 0. The minimum atomic E-state index is -0.255. The molecule has 1 aliphatic rings. The second-order valence-electron chi connectivity index (χ2n) is 6.25. The van der Waals surface area contributed by atoms with Gasteiger partial charge < -0.3 is 14.4 Å². The van der Waals surface area contributed by atoms with E-state index >= 15 is 0 Å². The van der Waals surface area contributed by atoms with Gasteiger partial charge in [-0.15, -0.1) is 0 Å². The van der Waals surface area contributed by atoms with Crippen LogP contribution >= 0.6 is 0 Å². The predicted molar refractivity (Wildman–Crippen MR) is 98.2 cm³/mol. The van der Waals surface area contributed by atoms with Crippen LogP contribution in [0.25, 0.3) is 0 Å². The van der Waals surface area contributed by atoms with E-state index in [4.69, 9.17) is 9.47 Å². The lowest BCUT2D eigenvalue weighted by Gasteiger charge is -2.32. The molecule has 5 heteroatoms. The fourth-order valence-electron chi connectivity index (χ4n) is 3.13. The lowest BCUT2D eigenvalue weighted by atomic mass is 9.97. The van der Waals surface area contributed by atoms with Gasteiger partial charge in [-0.3, -0.25) is 9.59 Å². The number of nitrogens with zero attached hydrogens (tertiary/aromatic N) is 1. The molecule has 3 rings (SSSR count). The molecule has 0 aromatic heterocycles. The third-order valence-electron chi connectivity index (χ3n) is 4.42. The van der Waals surface area contributed by atoms with Crippen molar-refractivity contribution in [3.05, 3.63) is 60.2 Å². The van der Waals surface area contributed by atoms with Crippen LogP contribution in [0.4, 0.5) is 0 Å². The summed E-state index contributed by atoms with van der Waals surface area (Å²) in [4.78, 5) is 26.8. The zero-order valence-electron chi connectivity index (χ0n) is 14.9. The van der Waals surface area contributed by atoms with Crippen molar-refractivity contribution in [2.24, 2.45) is 5.92 Å². The summed E-state index contributed by atoms with van der Waals surface area (Å²) in [5.74, 6) is 0.594. The van der Waals surface area contributed by atoms with Gasteiger partial charge in [-0.2, -0.15) is 0 Å². The molecule has 1 atom stereocenters. The monoisotopic (exact) mass is 353 g/mol. The Bertz CT molecular complexity index is 760. The minimum Gasteiger partial charge on any atom is -0.466 e. The van der Waals surface area contributed by atoms with Gasteiger partial charge in [0.15, 0.2) is 0 Å². The smallest absolute Gasteiger partial charge is 0.310 e. The molecule has 2 aromatic rings. The summed E-state index contributed by atoms with van der Waals surface area (Å²) in [6.07, 6.45) is 1.54. The molecule has 1 amide bonds. The van der Waals surface area contributed by atoms with Gasteiger partial charge >= 0.3 is 5.97 Å². The number of para-hydroxylation sites is 2. The van der Waals surface area contributed by atoms with E-state index in [1.165, 1.54) is 0 Å². The number of amides is 1. The molecule has 1 heterocycles. The maximum absolute atomic E-state index is 13.0. The summed E-state index contributed by atoms with van der Waals surface area (Å²) in [5.41, 5.74) is 0.501. The lowest BCUT2D eigenvalue weighted by Crippen LogP contribution is -2.42. The number of carbonyl (C=O) groups is 2. The normalized spacial score (nSPS) is 16.8. The molecule has 0 saturated carbocycles. The van der Waals surface area contributed by atoms with Gasteiger partial charge in [0.25, 0.3) is 5.91 Å². The van der Waals surface area contributed by atoms with Crippen molar-refractivity contribution in [2.45, 2.75) is 19.8 Å². The van der Waals surface area contributed by atoms with E-state index in [2.05, 4.69) is 0 Å². The fourth-order valence-corrected chi connectivity index (χ4v) is 3.13. The number of ether oxygens (including phenoxy) is 2. The highest BCUT2D eigenvalue weighted by atomic mass is 16.5. The number of piperidine rings is 1. The average Bonchev–Trinajstić information content (AvgIpc) is 2.69. The number of hydrogen-bond acceptors (Lipinski definition) is 4. The number of rotatable bonds is 5. The maximum Gasteiger partial charge on any atom is 0.310 e. The molecular formula is C21H23NO4. The van der Waals surface area contributed by atoms with Crippen molar-refractivity contribution in [2.75, 3.05) is 19.7 Å². The Balaban J connectivity index is 1.76. The molecule has 0 aliphatic carbocycles. The van der Waals surface area contributed by atoms with E-state index in [1.807, 2.05) is 42.5 Å². The van der Waals surface area contributed by atoms with Crippen molar-refractivity contribution in [3.63, 3.8) is 0 Å². The van der Waals surface area contributed by atoms with E-state index in [1.54, 1.807) is 24.0 Å². The molecule has 1 saturated heterocycles. The number of hydrogen-bond donors (Lipinski definition) is 0. The highest BCUT2D eigenvalue weighted by Crippen LogP contribution is 2.28. The molecule has 1 fully saturated rings. The Morgan fingerprint density at radius 2 is 1.81 bits per heavy atom. The van der Waals surface area contributed by atoms with Crippen LogP contribution in [0.5, 0.6) is 11.5 Å². The van der Waals surface area contributed by atoms with Crippen molar-refractivity contribution in [1.82, 2.24) is 4.90 Å². The first-order valence-corrected chi connectivity index (χ1v) is 8.97. The van der Waals surface area contributed by atoms with Crippen molar-refractivity contribution in [3.8, 4) is 11.5 Å². The Kier molecular flexibility index (Phi) is 5.89. The second kappa shape index (κ2) is 8.52. The van der Waals surface area contributed by atoms with E-state index in [0.717, 1.165) is 12.8 Å². The molecular weight excluding hydrogens is 330 g/mol. The molecule has 1 aliphatic heterocycles. The first-order valence-electron chi connectivity index (χ1n) is 8.97. The average molecular weight is 353 g/mol. The molecule has 0 bridgehead atoms. The Morgan fingerprint density at radius 3 is 2.58 bits per heavy atom. The summed E-state index contributed by atoms with van der Waals surface area (Å²) < 4.78 is 11.0. The van der Waals surface area contributed by atoms with Gasteiger partial charge in [-0.05, 0) is 44.0 Å². The van der Waals surface area contributed by atoms with Crippen LogP contribution in [-0.4, -0.2) is 36.5 Å². The van der Waals surface area contributed by atoms with E-state index < -0.39 is 0 Å². The fraction of sp³-hybridized carbons (Fsp3) is 0.333. The van der Waals surface area contributed by atoms with Gasteiger partial charge in [0.1, 0.15) is 11.5 Å². The first-order chi connectivity index (χ1) is 12.7. The molecule has 0 spiro atoms. The largest absolute Gasteiger partial charge is 0.466 e. The van der Waals surface area contributed by atoms with Crippen LogP contribution in [0.1, 0.15) is 30.1 Å². The third-order valence-corrected chi connectivity index (χ3v) is 4.42. The van der Waals surface area contributed by atoms with Gasteiger partial charge in [0, 0.05) is 13.1 Å². The van der Waals surface area contributed by atoms with Crippen LogP contribution < -0.4 is 4.74 Å². The molecule has 136 valence electrons. The SMILES string of the molecule is CCOC(=O)[C@H]1CCCN(C(=O)c2ccccc2Oc2ccccc2)C1. The molecule has 0 N–H and O–H groups in total. The second-order valence-corrected chi connectivity index (χ2v) is 6.25. The zero-order valence-corrected chi connectivity index (χ0v) is 14.9. The molecule has 26 heavy (non-hydrogen) atoms. The lowest BCUT2D eigenvalue weighted by molar-refractivity contribution is -0.149. The quantitative estimate of drug-likeness (QED) is 0.765.